The largest absolute Gasteiger partial charge is 0.493 e. The number of amides is 1. The lowest BCUT2D eigenvalue weighted by molar-refractivity contribution is -0.122. The molecule has 0 radical (unpaired) electrons. The molecule has 4 unspecified atom stereocenters. The number of methoxy groups -OCH3 is 2. The van der Waals surface area contributed by atoms with Crippen LogP contribution in [0, 0.1) is 24.7 Å². The number of ether oxygens (including phenoxy) is 2. The third kappa shape index (κ3) is 3.42. The normalized spacial score (nSPS) is 23.5. The van der Waals surface area contributed by atoms with Gasteiger partial charge in [0.1, 0.15) is 5.82 Å². The summed E-state index contributed by atoms with van der Waals surface area (Å²) < 4.78 is 11.7. The summed E-state index contributed by atoms with van der Waals surface area (Å²) in [6.45, 7) is 2.03. The molecule has 2 aliphatic carbocycles. The molecule has 0 saturated heterocycles. The molecule has 9 heteroatoms. The molecule has 0 aliphatic heterocycles. The molecular formula is C23H25N5O3S. The number of carbonyl (C=O) groups is 1. The molecule has 5 rings (SSSR count). The quantitative estimate of drug-likeness (QED) is 0.468. The van der Waals surface area contributed by atoms with Gasteiger partial charge in [0, 0.05) is 17.8 Å². The van der Waals surface area contributed by atoms with E-state index in [9.17, 15) is 4.79 Å². The fraction of sp³-hybridized carbons (Fsp3) is 0.348. The van der Waals surface area contributed by atoms with Gasteiger partial charge >= 0.3 is 0 Å². The Labute approximate surface area is 189 Å². The van der Waals surface area contributed by atoms with Crippen molar-refractivity contribution in [3.8, 4) is 11.5 Å². The van der Waals surface area contributed by atoms with Crippen LogP contribution >= 0.6 is 11.3 Å². The van der Waals surface area contributed by atoms with Gasteiger partial charge in [-0.15, -0.1) is 11.3 Å². The highest BCUT2D eigenvalue weighted by Gasteiger charge is 2.47. The summed E-state index contributed by atoms with van der Waals surface area (Å²) in [4.78, 5) is 21.7. The number of fused-ring (bicyclic) bond motifs is 3. The van der Waals surface area contributed by atoms with Crippen LogP contribution in [0.2, 0.25) is 0 Å². The average molecular weight is 452 g/mol. The monoisotopic (exact) mass is 451 g/mol. The van der Waals surface area contributed by atoms with Gasteiger partial charge in [-0.25, -0.2) is 4.98 Å². The standard InChI is InChI=1S/C23H25N5O3S/c1-11-10-32-20-18(11)27-23(25-14-6-7-15(30-2)16(9-14)31-3)28-22(20)26-19-13-5-4-12(8-13)17(19)21(24)29/h4-7,9-10,12-13,17,19H,8H2,1-3H3,(H2,24,29)(H2,25,26,27,28). The van der Waals surface area contributed by atoms with Crippen LogP contribution in [-0.4, -0.2) is 36.1 Å². The van der Waals surface area contributed by atoms with Crippen molar-refractivity contribution in [2.45, 2.75) is 19.4 Å². The molecule has 1 aromatic carbocycles. The SMILES string of the molecule is COc1ccc(Nc2nc(NC3C4C=CC(C4)C3C(N)=O)c3scc(C)c3n2)cc1OC. The summed E-state index contributed by atoms with van der Waals surface area (Å²) in [5.41, 5.74) is 8.48. The van der Waals surface area contributed by atoms with Gasteiger partial charge in [0.25, 0.3) is 0 Å². The highest BCUT2D eigenvalue weighted by molar-refractivity contribution is 7.18. The lowest BCUT2D eigenvalue weighted by Crippen LogP contribution is -2.41. The number of thiophene rings is 1. The molecule has 0 spiro atoms. The molecule has 32 heavy (non-hydrogen) atoms. The number of benzene rings is 1. The number of rotatable bonds is 7. The second-order valence-corrected chi connectivity index (χ2v) is 9.11. The minimum atomic E-state index is -0.268. The van der Waals surface area contributed by atoms with Gasteiger partial charge in [-0.2, -0.15) is 4.98 Å². The minimum absolute atomic E-state index is 0.0723. The minimum Gasteiger partial charge on any atom is -0.493 e. The smallest absolute Gasteiger partial charge is 0.229 e. The van der Waals surface area contributed by atoms with Crippen LogP contribution in [0.3, 0.4) is 0 Å². The van der Waals surface area contributed by atoms with Crippen molar-refractivity contribution < 1.29 is 14.3 Å². The number of nitrogens with zero attached hydrogens (tertiary/aromatic N) is 2. The van der Waals surface area contributed by atoms with E-state index in [1.807, 2.05) is 25.1 Å². The van der Waals surface area contributed by atoms with Gasteiger partial charge in [0.15, 0.2) is 11.5 Å². The number of aromatic nitrogens is 2. The highest BCUT2D eigenvalue weighted by Crippen LogP contribution is 2.45. The summed E-state index contributed by atoms with van der Waals surface area (Å²) in [5.74, 6) is 2.40. The van der Waals surface area contributed by atoms with E-state index < -0.39 is 0 Å². The van der Waals surface area contributed by atoms with Crippen LogP contribution in [0.15, 0.2) is 35.7 Å². The first-order valence-corrected chi connectivity index (χ1v) is 11.4. The Morgan fingerprint density at radius 1 is 1.16 bits per heavy atom. The van der Waals surface area contributed by atoms with Crippen LogP contribution in [0.25, 0.3) is 10.2 Å². The van der Waals surface area contributed by atoms with Gasteiger partial charge in [-0.3, -0.25) is 4.79 Å². The Balaban J connectivity index is 1.50. The van der Waals surface area contributed by atoms with E-state index in [0.29, 0.717) is 23.3 Å². The predicted octanol–water partition coefficient (Wildman–Crippen LogP) is 3.85. The van der Waals surface area contributed by atoms with E-state index in [1.54, 1.807) is 25.6 Å². The first-order chi connectivity index (χ1) is 15.5. The van der Waals surface area contributed by atoms with Gasteiger partial charge in [0.05, 0.1) is 30.4 Å². The summed E-state index contributed by atoms with van der Waals surface area (Å²) in [6.07, 6.45) is 5.25. The van der Waals surface area contributed by atoms with Crippen LogP contribution in [-0.2, 0) is 4.79 Å². The highest BCUT2D eigenvalue weighted by atomic mass is 32.1. The zero-order valence-corrected chi connectivity index (χ0v) is 18.9. The number of hydrogen-bond donors (Lipinski definition) is 3. The van der Waals surface area contributed by atoms with Gasteiger partial charge in [-0.05, 0) is 48.3 Å². The number of allylic oxidation sites excluding steroid dienone is 1. The second kappa shape index (κ2) is 7.98. The fourth-order valence-electron chi connectivity index (χ4n) is 4.79. The second-order valence-electron chi connectivity index (χ2n) is 8.23. The van der Waals surface area contributed by atoms with Gasteiger partial charge in [0.2, 0.25) is 11.9 Å². The third-order valence-electron chi connectivity index (χ3n) is 6.32. The number of nitrogens with two attached hydrogens (primary N) is 1. The maximum Gasteiger partial charge on any atom is 0.229 e. The van der Waals surface area contributed by atoms with E-state index in [0.717, 1.165) is 27.9 Å². The molecule has 8 nitrogen and oxygen atoms in total. The number of aryl methyl sites for hydroxylation is 1. The van der Waals surface area contributed by atoms with Crippen molar-refractivity contribution in [3.63, 3.8) is 0 Å². The summed E-state index contributed by atoms with van der Waals surface area (Å²) in [5, 5.41) is 8.89. The number of carbonyl (C=O) groups excluding carboxylic acids is 1. The first kappa shape index (κ1) is 20.6. The number of nitrogens with one attached hydrogen (secondary N) is 2. The Morgan fingerprint density at radius 3 is 2.69 bits per heavy atom. The lowest BCUT2D eigenvalue weighted by Gasteiger charge is -2.27. The lowest BCUT2D eigenvalue weighted by atomic mass is 9.88. The van der Waals surface area contributed by atoms with Crippen LogP contribution < -0.4 is 25.8 Å². The topological polar surface area (TPSA) is 111 Å². The van der Waals surface area contributed by atoms with E-state index >= 15 is 0 Å². The molecular weight excluding hydrogens is 426 g/mol. The van der Waals surface area contributed by atoms with Gasteiger partial charge in [-0.1, -0.05) is 12.2 Å². The average Bonchev–Trinajstić information content (AvgIpc) is 3.49. The Hall–Kier alpha value is -3.33. The zero-order valence-electron chi connectivity index (χ0n) is 18.1. The van der Waals surface area contributed by atoms with Crippen molar-refractivity contribution in [1.29, 1.82) is 0 Å². The molecule has 2 heterocycles. The van der Waals surface area contributed by atoms with Crippen LogP contribution in [0.1, 0.15) is 12.0 Å². The first-order valence-electron chi connectivity index (χ1n) is 10.5. The van der Waals surface area contributed by atoms with E-state index in [2.05, 4.69) is 28.2 Å². The summed E-state index contributed by atoms with van der Waals surface area (Å²) in [6, 6.07) is 5.47. The number of primary amides is 1. The van der Waals surface area contributed by atoms with Crippen LogP contribution in [0.5, 0.6) is 11.5 Å². The molecule has 166 valence electrons. The van der Waals surface area contributed by atoms with Gasteiger partial charge < -0.3 is 25.8 Å². The Bertz CT molecular complexity index is 1220. The van der Waals surface area contributed by atoms with E-state index in [4.69, 9.17) is 25.2 Å². The summed E-state index contributed by atoms with van der Waals surface area (Å²) >= 11 is 1.59. The summed E-state index contributed by atoms with van der Waals surface area (Å²) in [7, 11) is 3.20. The van der Waals surface area contributed by atoms with Crippen molar-refractivity contribution >= 4 is 44.9 Å². The number of hydrogen-bond acceptors (Lipinski definition) is 8. The van der Waals surface area contributed by atoms with Crippen molar-refractivity contribution in [2.24, 2.45) is 23.5 Å². The molecule has 2 aliphatic rings. The molecule has 1 amide bonds. The van der Waals surface area contributed by atoms with E-state index in [-0.39, 0.29) is 29.7 Å². The third-order valence-corrected chi connectivity index (χ3v) is 7.42. The maximum absolute atomic E-state index is 12.2. The molecule has 4 N–H and O–H groups in total. The molecule has 2 bridgehead atoms. The molecule has 2 aromatic heterocycles. The predicted molar refractivity (Wildman–Crippen MR) is 126 cm³/mol. The number of anilines is 3. The Morgan fingerprint density at radius 2 is 1.94 bits per heavy atom. The molecule has 1 saturated carbocycles. The van der Waals surface area contributed by atoms with Crippen molar-refractivity contribution in [2.75, 3.05) is 24.9 Å². The van der Waals surface area contributed by atoms with Crippen molar-refractivity contribution in [3.05, 3.63) is 41.3 Å². The fourth-order valence-corrected chi connectivity index (χ4v) is 5.73. The maximum atomic E-state index is 12.2. The Kier molecular flexibility index (Phi) is 5.13. The van der Waals surface area contributed by atoms with Crippen LogP contribution in [0.4, 0.5) is 17.5 Å². The van der Waals surface area contributed by atoms with Crippen molar-refractivity contribution in [1.82, 2.24) is 9.97 Å². The zero-order chi connectivity index (χ0) is 22.4. The molecule has 1 fully saturated rings. The van der Waals surface area contributed by atoms with E-state index in [1.165, 1.54) is 0 Å². The molecule has 4 atom stereocenters. The molecule has 3 aromatic rings.